The molecule has 0 spiro atoms. The number of hydrogen-bond acceptors (Lipinski definition) is 6. The lowest BCUT2D eigenvalue weighted by atomic mass is 10.1. The second kappa shape index (κ2) is 10.2. The molecule has 0 radical (unpaired) electrons. The molecule has 4 amide bonds. The first-order valence-electron chi connectivity index (χ1n) is 10.2. The first kappa shape index (κ1) is 22.5. The van der Waals surface area contributed by atoms with Gasteiger partial charge < -0.3 is 25.6 Å². The minimum Gasteiger partial charge on any atom is -0.375 e. The zero-order valence-electron chi connectivity index (χ0n) is 17.7. The molecule has 2 saturated heterocycles. The van der Waals surface area contributed by atoms with Crippen LogP contribution in [0.3, 0.4) is 0 Å². The van der Waals surface area contributed by atoms with E-state index in [1.807, 2.05) is 24.1 Å². The van der Waals surface area contributed by atoms with E-state index >= 15 is 0 Å². The fourth-order valence-corrected chi connectivity index (χ4v) is 4.77. The summed E-state index contributed by atoms with van der Waals surface area (Å²) < 4.78 is 4.90. The Bertz CT molecular complexity index is 742. The predicted molar refractivity (Wildman–Crippen MR) is 114 cm³/mol. The van der Waals surface area contributed by atoms with Crippen LogP contribution in [0.25, 0.3) is 0 Å². The molecule has 2 aliphatic rings. The average molecular weight is 438 g/mol. The molecular weight excluding hydrogens is 406 g/mol. The maximum Gasteiger partial charge on any atom is 0.315 e. The van der Waals surface area contributed by atoms with Gasteiger partial charge in [-0.05, 0) is 42.7 Å². The monoisotopic (exact) mass is 437 g/mol. The van der Waals surface area contributed by atoms with E-state index in [0.717, 1.165) is 0 Å². The third-order valence-corrected chi connectivity index (χ3v) is 5.99. The van der Waals surface area contributed by atoms with E-state index in [1.165, 1.54) is 12.7 Å². The number of carbonyl (C=O) groups is 3. The zero-order valence-corrected chi connectivity index (χ0v) is 18.5. The molecule has 0 unspecified atom stereocenters. The number of amides is 4. The fraction of sp³-hybridized carbons (Fsp3) is 0.650. The molecule has 2 aliphatic heterocycles. The van der Waals surface area contributed by atoms with Crippen LogP contribution in [0, 0.1) is 0 Å². The van der Waals surface area contributed by atoms with Gasteiger partial charge >= 0.3 is 6.03 Å². The van der Waals surface area contributed by atoms with E-state index < -0.39 is 6.04 Å². The molecule has 3 atom stereocenters. The van der Waals surface area contributed by atoms with Crippen molar-refractivity contribution in [1.82, 2.24) is 25.8 Å². The molecule has 2 fully saturated rings. The molecule has 0 aromatic carbocycles. The Morgan fingerprint density at radius 2 is 2.07 bits per heavy atom. The van der Waals surface area contributed by atoms with Crippen LogP contribution in [0.2, 0.25) is 0 Å². The number of nitrogens with zero attached hydrogens (tertiary/aromatic N) is 2. The van der Waals surface area contributed by atoms with Crippen molar-refractivity contribution in [2.45, 2.75) is 51.0 Å². The topological polar surface area (TPSA) is 103 Å². The summed E-state index contributed by atoms with van der Waals surface area (Å²) in [4.78, 5) is 41.5. The molecule has 10 heteroatoms. The smallest absolute Gasteiger partial charge is 0.315 e. The Morgan fingerprint density at radius 1 is 1.27 bits per heavy atom. The maximum atomic E-state index is 13.2. The van der Waals surface area contributed by atoms with Gasteiger partial charge in [0.05, 0.1) is 6.04 Å². The highest BCUT2D eigenvalue weighted by Gasteiger charge is 2.42. The molecule has 0 bridgehead atoms. The summed E-state index contributed by atoms with van der Waals surface area (Å²) in [6.07, 6.45) is 0.691. The number of nitrogens with one attached hydrogen (secondary N) is 3. The van der Waals surface area contributed by atoms with Gasteiger partial charge in [-0.15, -0.1) is 0 Å². The molecule has 3 rings (SSSR count). The van der Waals surface area contributed by atoms with Crippen molar-refractivity contribution in [3.05, 3.63) is 22.4 Å². The van der Waals surface area contributed by atoms with E-state index in [4.69, 9.17) is 4.74 Å². The van der Waals surface area contributed by atoms with Gasteiger partial charge in [0.15, 0.2) is 0 Å². The summed E-state index contributed by atoms with van der Waals surface area (Å²) >= 11 is 1.64. The number of ether oxygens (including phenoxy) is 1. The average Bonchev–Trinajstić information content (AvgIpc) is 3.27. The molecule has 0 aliphatic carbocycles. The van der Waals surface area contributed by atoms with Crippen molar-refractivity contribution < 1.29 is 19.1 Å². The standard InChI is InChI=1S/C20H31N5O4S/c1-13(2)21-20(28)22-15-6-16-9-24(7-14-4-5-30-12-14)10-17(19(27)25(16)8-15)23-18(26)11-29-3/h4-5,12-13,15-17H,6-11H2,1-3H3,(H,23,26)(H2,21,22,28)/t15-,16-,17-/m0/s1. The Hall–Kier alpha value is -2.17. The van der Waals surface area contributed by atoms with Gasteiger partial charge in [-0.25, -0.2) is 4.79 Å². The third-order valence-electron chi connectivity index (χ3n) is 5.26. The quantitative estimate of drug-likeness (QED) is 0.572. The normalized spacial score (nSPS) is 24.5. The van der Waals surface area contributed by atoms with E-state index in [1.54, 1.807) is 11.3 Å². The summed E-state index contributed by atoms with van der Waals surface area (Å²) in [6.45, 7) is 6.02. The Labute approximate surface area is 181 Å². The van der Waals surface area contributed by atoms with Crippen LogP contribution < -0.4 is 16.0 Å². The summed E-state index contributed by atoms with van der Waals surface area (Å²) in [5.74, 6) is -0.416. The molecule has 1 aromatic rings. The molecule has 3 N–H and O–H groups in total. The van der Waals surface area contributed by atoms with E-state index in [-0.39, 0.29) is 42.6 Å². The summed E-state index contributed by atoms with van der Waals surface area (Å²) in [5.41, 5.74) is 1.19. The lowest BCUT2D eigenvalue weighted by Gasteiger charge is -2.24. The van der Waals surface area contributed by atoms with E-state index in [0.29, 0.717) is 32.6 Å². The van der Waals surface area contributed by atoms with Crippen LogP contribution in [0.4, 0.5) is 4.79 Å². The summed E-state index contributed by atoms with van der Waals surface area (Å²) in [7, 11) is 1.45. The molecule has 3 heterocycles. The Morgan fingerprint density at radius 3 is 2.73 bits per heavy atom. The number of rotatable bonds is 7. The number of hydrogen-bond donors (Lipinski definition) is 3. The Balaban J connectivity index is 1.72. The van der Waals surface area contributed by atoms with Crippen LogP contribution in [-0.4, -0.2) is 85.2 Å². The maximum absolute atomic E-state index is 13.2. The van der Waals surface area contributed by atoms with Crippen molar-refractivity contribution in [1.29, 1.82) is 0 Å². The van der Waals surface area contributed by atoms with Crippen molar-refractivity contribution in [3.8, 4) is 0 Å². The van der Waals surface area contributed by atoms with Crippen LogP contribution >= 0.6 is 11.3 Å². The second-order valence-electron chi connectivity index (χ2n) is 8.23. The molecule has 1 aromatic heterocycles. The van der Waals surface area contributed by atoms with Crippen molar-refractivity contribution in [3.63, 3.8) is 0 Å². The van der Waals surface area contributed by atoms with Gasteiger partial charge in [0.25, 0.3) is 0 Å². The largest absolute Gasteiger partial charge is 0.375 e. The summed E-state index contributed by atoms with van der Waals surface area (Å²) in [5, 5.41) is 12.8. The van der Waals surface area contributed by atoms with Crippen LogP contribution in [0.15, 0.2) is 16.8 Å². The highest BCUT2D eigenvalue weighted by Crippen LogP contribution is 2.24. The van der Waals surface area contributed by atoms with E-state index in [2.05, 4.69) is 32.3 Å². The van der Waals surface area contributed by atoms with Crippen LogP contribution in [-0.2, 0) is 20.9 Å². The predicted octanol–water partition coefficient (Wildman–Crippen LogP) is 0.372. The first-order valence-corrected chi connectivity index (χ1v) is 11.2. The highest BCUT2D eigenvalue weighted by atomic mass is 32.1. The van der Waals surface area contributed by atoms with Gasteiger partial charge in [-0.3, -0.25) is 14.5 Å². The lowest BCUT2D eigenvalue weighted by Crippen LogP contribution is -2.52. The van der Waals surface area contributed by atoms with Gasteiger partial charge in [-0.2, -0.15) is 11.3 Å². The number of fused-ring (bicyclic) bond motifs is 1. The van der Waals surface area contributed by atoms with Gasteiger partial charge in [0.1, 0.15) is 12.6 Å². The second-order valence-corrected chi connectivity index (χ2v) is 9.01. The molecule has 9 nitrogen and oxygen atoms in total. The fourth-order valence-electron chi connectivity index (χ4n) is 4.11. The number of methoxy groups -OCH3 is 1. The summed E-state index contributed by atoms with van der Waals surface area (Å²) in [6, 6.07) is 1.13. The third kappa shape index (κ3) is 5.93. The van der Waals surface area contributed by atoms with Gasteiger partial charge in [0, 0.05) is 45.4 Å². The molecule has 166 valence electrons. The van der Waals surface area contributed by atoms with Crippen molar-refractivity contribution in [2.75, 3.05) is 33.4 Å². The highest BCUT2D eigenvalue weighted by molar-refractivity contribution is 7.07. The van der Waals surface area contributed by atoms with Crippen molar-refractivity contribution >= 4 is 29.2 Å². The molecular formula is C20H31N5O4S. The molecule has 0 saturated carbocycles. The first-order chi connectivity index (χ1) is 14.4. The van der Waals surface area contributed by atoms with Crippen LogP contribution in [0.1, 0.15) is 25.8 Å². The number of carbonyl (C=O) groups excluding carboxylic acids is 3. The van der Waals surface area contributed by atoms with Gasteiger partial charge in [0.2, 0.25) is 11.8 Å². The molecule has 30 heavy (non-hydrogen) atoms. The van der Waals surface area contributed by atoms with E-state index in [9.17, 15) is 14.4 Å². The number of urea groups is 1. The Kier molecular flexibility index (Phi) is 7.68. The van der Waals surface area contributed by atoms with Crippen LogP contribution in [0.5, 0.6) is 0 Å². The SMILES string of the molecule is COCC(=O)N[C@H]1CN(Cc2ccsc2)C[C@@H]2C[C@H](NC(=O)NC(C)C)CN2C1=O. The zero-order chi connectivity index (χ0) is 21.7. The lowest BCUT2D eigenvalue weighted by molar-refractivity contribution is -0.137. The van der Waals surface area contributed by atoms with Crippen molar-refractivity contribution in [2.24, 2.45) is 0 Å². The minimum atomic E-state index is -0.639. The number of thiophene rings is 1. The van der Waals surface area contributed by atoms with Gasteiger partial charge in [-0.1, -0.05) is 0 Å². The minimum absolute atomic E-state index is 0.00943.